The zero-order chi connectivity index (χ0) is 12.1. The summed E-state index contributed by atoms with van der Waals surface area (Å²) in [6.45, 7) is 5.12. The molecule has 0 amide bonds. The first kappa shape index (κ1) is 13.9. The number of rotatable bonds is 5. The maximum atomic E-state index is 11.3. The van der Waals surface area contributed by atoms with Crippen molar-refractivity contribution in [3.63, 3.8) is 0 Å². The average Bonchev–Trinajstić information content (AvgIpc) is 2.12. The minimum absolute atomic E-state index is 0.153. The van der Waals surface area contributed by atoms with Gasteiger partial charge in [-0.3, -0.25) is 4.79 Å². The molecule has 1 atom stereocenters. The van der Waals surface area contributed by atoms with Crippen LogP contribution in [0.1, 0.15) is 20.8 Å². The maximum absolute atomic E-state index is 11.3. The molecule has 0 spiro atoms. The Kier molecular flexibility index (Phi) is 5.29. The predicted molar refractivity (Wildman–Crippen MR) is 54.7 cm³/mol. The van der Waals surface area contributed by atoms with E-state index in [-0.39, 0.29) is 12.5 Å². The summed E-state index contributed by atoms with van der Waals surface area (Å²) >= 11 is 0. The molecule has 0 aliphatic rings. The van der Waals surface area contributed by atoms with Crippen LogP contribution in [-0.4, -0.2) is 32.0 Å². The van der Waals surface area contributed by atoms with Gasteiger partial charge in [0.25, 0.3) is 0 Å². The second kappa shape index (κ2) is 5.71. The molecule has 0 aliphatic heterocycles. The molecule has 15 heavy (non-hydrogen) atoms. The Morgan fingerprint density at radius 2 is 1.93 bits per heavy atom. The fourth-order valence-corrected chi connectivity index (χ4v) is 1.52. The van der Waals surface area contributed by atoms with E-state index in [1.165, 1.54) is 13.0 Å². The topological polar surface area (TPSA) is 84.2 Å². The van der Waals surface area contributed by atoms with Gasteiger partial charge in [-0.1, -0.05) is 13.8 Å². The maximum Gasteiger partial charge on any atom is 0.324 e. The highest BCUT2D eigenvalue weighted by molar-refractivity contribution is 7.92. The number of carbonyl (C=O) groups excluding carboxylic acids is 1. The summed E-state index contributed by atoms with van der Waals surface area (Å²) in [7, 11) is -3.69. The number of hydrogen-bond acceptors (Lipinski definition) is 5. The molecule has 6 heteroatoms. The standard InChI is InChI=1S/C9H15NO4S/c1-7(2)6-14-9(11)8(3)15(12,13)5-4-10/h7-8H,5-6H2,1-3H3. The number of esters is 1. The van der Waals surface area contributed by atoms with Crippen molar-refractivity contribution in [1.82, 2.24) is 0 Å². The van der Waals surface area contributed by atoms with Crippen molar-refractivity contribution in [3.8, 4) is 6.07 Å². The molecule has 0 saturated carbocycles. The number of ether oxygens (including phenoxy) is 1. The van der Waals surface area contributed by atoms with Crippen molar-refractivity contribution in [1.29, 1.82) is 5.26 Å². The lowest BCUT2D eigenvalue weighted by molar-refractivity contribution is -0.143. The third-order valence-corrected chi connectivity index (χ3v) is 3.50. The summed E-state index contributed by atoms with van der Waals surface area (Å²) in [5.74, 6) is -1.30. The van der Waals surface area contributed by atoms with Crippen LogP contribution in [0.3, 0.4) is 0 Å². The number of nitriles is 1. The van der Waals surface area contributed by atoms with Gasteiger partial charge in [-0.2, -0.15) is 5.26 Å². The van der Waals surface area contributed by atoms with E-state index in [1.807, 2.05) is 13.8 Å². The van der Waals surface area contributed by atoms with Gasteiger partial charge in [0.05, 0.1) is 12.7 Å². The highest BCUT2D eigenvalue weighted by atomic mass is 32.2. The zero-order valence-corrected chi connectivity index (χ0v) is 9.87. The SMILES string of the molecule is CC(C)COC(=O)C(C)S(=O)(=O)CC#N. The third-order valence-electron chi connectivity index (χ3n) is 1.70. The Balaban J connectivity index is 4.40. The molecule has 86 valence electrons. The molecule has 0 aromatic rings. The van der Waals surface area contributed by atoms with Gasteiger partial charge in [-0.05, 0) is 12.8 Å². The van der Waals surface area contributed by atoms with Crippen LogP contribution < -0.4 is 0 Å². The minimum atomic E-state index is -3.69. The van der Waals surface area contributed by atoms with Gasteiger partial charge in [0.2, 0.25) is 0 Å². The molecule has 0 bridgehead atoms. The van der Waals surface area contributed by atoms with Crippen LogP contribution in [0, 0.1) is 17.2 Å². The van der Waals surface area contributed by atoms with Crippen molar-refractivity contribution in [3.05, 3.63) is 0 Å². The summed E-state index contributed by atoms with van der Waals surface area (Å²) in [6.07, 6.45) is 0. The van der Waals surface area contributed by atoms with Crippen LogP contribution in [-0.2, 0) is 19.4 Å². The van der Waals surface area contributed by atoms with E-state index >= 15 is 0 Å². The predicted octanol–water partition coefficient (Wildman–Crippen LogP) is 0.512. The molecule has 0 saturated heterocycles. The van der Waals surface area contributed by atoms with Gasteiger partial charge in [-0.25, -0.2) is 8.42 Å². The van der Waals surface area contributed by atoms with E-state index in [9.17, 15) is 13.2 Å². The largest absolute Gasteiger partial charge is 0.464 e. The number of nitrogens with zero attached hydrogens (tertiary/aromatic N) is 1. The van der Waals surface area contributed by atoms with E-state index < -0.39 is 26.8 Å². The van der Waals surface area contributed by atoms with E-state index in [0.717, 1.165) is 0 Å². The molecule has 0 N–H and O–H groups in total. The summed E-state index contributed by atoms with van der Waals surface area (Å²) < 4.78 is 27.4. The third kappa shape index (κ3) is 4.79. The van der Waals surface area contributed by atoms with Crippen molar-refractivity contribution in [2.45, 2.75) is 26.0 Å². The average molecular weight is 233 g/mol. The molecule has 0 aliphatic carbocycles. The Labute approximate surface area is 90.0 Å². The summed E-state index contributed by atoms with van der Waals surface area (Å²) in [4.78, 5) is 11.3. The first-order chi connectivity index (χ1) is 6.81. The first-order valence-corrected chi connectivity index (χ1v) is 6.28. The van der Waals surface area contributed by atoms with Crippen molar-refractivity contribution in [2.24, 2.45) is 5.92 Å². The number of hydrogen-bond donors (Lipinski definition) is 0. The number of sulfone groups is 1. The lowest BCUT2D eigenvalue weighted by Gasteiger charge is -2.11. The van der Waals surface area contributed by atoms with Gasteiger partial charge in [0.15, 0.2) is 15.1 Å². The van der Waals surface area contributed by atoms with Gasteiger partial charge in [0.1, 0.15) is 5.75 Å². The number of carbonyl (C=O) groups is 1. The molecule has 0 rings (SSSR count). The Bertz CT molecular complexity index is 353. The summed E-state index contributed by atoms with van der Waals surface area (Å²) in [5, 5.41) is 7.00. The highest BCUT2D eigenvalue weighted by Crippen LogP contribution is 2.05. The van der Waals surface area contributed by atoms with Crippen molar-refractivity contribution < 1.29 is 17.9 Å². The molecule has 5 nitrogen and oxygen atoms in total. The Morgan fingerprint density at radius 3 is 2.33 bits per heavy atom. The zero-order valence-electron chi connectivity index (χ0n) is 9.06. The quantitative estimate of drug-likeness (QED) is 0.646. The summed E-state index contributed by atoms with van der Waals surface area (Å²) in [6, 6.07) is 1.51. The van der Waals surface area contributed by atoms with E-state index in [1.54, 1.807) is 0 Å². The molecule has 0 aromatic heterocycles. The highest BCUT2D eigenvalue weighted by Gasteiger charge is 2.29. The van der Waals surface area contributed by atoms with E-state index in [2.05, 4.69) is 0 Å². The molecule has 1 unspecified atom stereocenters. The van der Waals surface area contributed by atoms with E-state index in [4.69, 9.17) is 10.00 Å². The van der Waals surface area contributed by atoms with Gasteiger partial charge < -0.3 is 4.74 Å². The fourth-order valence-electron chi connectivity index (χ4n) is 0.728. The summed E-state index contributed by atoms with van der Waals surface area (Å²) in [5.41, 5.74) is 0. The van der Waals surface area contributed by atoms with E-state index in [0.29, 0.717) is 0 Å². The Morgan fingerprint density at radius 1 is 1.40 bits per heavy atom. The molecule has 0 aromatic carbocycles. The van der Waals surface area contributed by atoms with Crippen LogP contribution >= 0.6 is 0 Å². The Hall–Kier alpha value is -1.09. The second-order valence-corrected chi connectivity index (χ2v) is 5.95. The van der Waals surface area contributed by atoms with Gasteiger partial charge in [-0.15, -0.1) is 0 Å². The van der Waals surface area contributed by atoms with Gasteiger partial charge >= 0.3 is 5.97 Å². The fraction of sp³-hybridized carbons (Fsp3) is 0.778. The molecular weight excluding hydrogens is 218 g/mol. The van der Waals surface area contributed by atoms with Crippen LogP contribution in [0.5, 0.6) is 0 Å². The van der Waals surface area contributed by atoms with Crippen LogP contribution in [0.2, 0.25) is 0 Å². The smallest absolute Gasteiger partial charge is 0.324 e. The normalized spacial score (nSPS) is 13.3. The van der Waals surface area contributed by atoms with Crippen LogP contribution in [0.15, 0.2) is 0 Å². The van der Waals surface area contributed by atoms with Crippen LogP contribution in [0.4, 0.5) is 0 Å². The minimum Gasteiger partial charge on any atom is -0.464 e. The molecule has 0 fully saturated rings. The molecule has 0 heterocycles. The molecular formula is C9H15NO4S. The monoisotopic (exact) mass is 233 g/mol. The van der Waals surface area contributed by atoms with Crippen LogP contribution in [0.25, 0.3) is 0 Å². The lowest BCUT2D eigenvalue weighted by atomic mass is 10.2. The first-order valence-electron chi connectivity index (χ1n) is 4.56. The van der Waals surface area contributed by atoms with Crippen molar-refractivity contribution in [2.75, 3.05) is 12.4 Å². The lowest BCUT2D eigenvalue weighted by Crippen LogP contribution is -2.31. The van der Waals surface area contributed by atoms with Gasteiger partial charge in [0, 0.05) is 0 Å². The molecule has 0 radical (unpaired) electrons. The van der Waals surface area contributed by atoms with Crippen molar-refractivity contribution >= 4 is 15.8 Å². The second-order valence-electron chi connectivity index (χ2n) is 3.63.